The molecule has 90 valence electrons. The van der Waals surface area contributed by atoms with Crippen LogP contribution in [0.5, 0.6) is 0 Å². The van der Waals surface area contributed by atoms with E-state index >= 15 is 0 Å². The summed E-state index contributed by atoms with van der Waals surface area (Å²) >= 11 is 1.43. The molecule has 2 aromatic rings. The number of hydrogen-bond donors (Lipinski definition) is 0. The van der Waals surface area contributed by atoms with Crippen LogP contribution >= 0.6 is 11.3 Å². The summed E-state index contributed by atoms with van der Waals surface area (Å²) in [5.41, 5.74) is 1.40. The van der Waals surface area contributed by atoms with E-state index in [1.807, 2.05) is 18.4 Å². The molecule has 0 aliphatic heterocycles. The van der Waals surface area contributed by atoms with Gasteiger partial charge in [-0.15, -0.1) is 11.3 Å². The summed E-state index contributed by atoms with van der Waals surface area (Å²) in [4.78, 5) is 15.6. The van der Waals surface area contributed by atoms with Gasteiger partial charge in [-0.2, -0.15) is 0 Å². The second kappa shape index (κ2) is 5.09. The lowest BCUT2D eigenvalue weighted by Crippen LogP contribution is -2.07. The van der Waals surface area contributed by atoms with Gasteiger partial charge in [0.2, 0.25) is 0 Å². The van der Waals surface area contributed by atoms with Crippen LogP contribution in [0, 0.1) is 6.92 Å². The van der Waals surface area contributed by atoms with E-state index in [4.69, 9.17) is 9.26 Å². The van der Waals surface area contributed by atoms with Crippen molar-refractivity contribution in [3.8, 4) is 10.7 Å². The summed E-state index contributed by atoms with van der Waals surface area (Å²) in [5.74, 6) is 0.475. The molecule has 0 aliphatic rings. The molecule has 0 atom stereocenters. The van der Waals surface area contributed by atoms with Crippen LogP contribution in [0.15, 0.2) is 16.0 Å². The fraction of sp³-hybridized carbons (Fsp3) is 0.364. The van der Waals surface area contributed by atoms with Crippen molar-refractivity contribution in [2.24, 2.45) is 0 Å². The molecule has 0 saturated carbocycles. The number of carbonyl (C=O) groups is 1. The van der Waals surface area contributed by atoms with Crippen LogP contribution < -0.4 is 0 Å². The number of rotatable bonds is 4. The molecule has 2 aromatic heterocycles. The highest BCUT2D eigenvalue weighted by Gasteiger charge is 2.11. The molecule has 0 aliphatic carbocycles. The van der Waals surface area contributed by atoms with Crippen LogP contribution in [0.2, 0.25) is 0 Å². The number of aryl methyl sites for hydroxylation is 1. The largest absolute Gasteiger partial charge is 0.466 e. The normalized spacial score (nSPS) is 10.5. The second-order valence-corrected chi connectivity index (χ2v) is 4.31. The molecule has 0 aromatic carbocycles. The van der Waals surface area contributed by atoms with Crippen molar-refractivity contribution in [3.63, 3.8) is 0 Å². The summed E-state index contributed by atoms with van der Waals surface area (Å²) < 4.78 is 9.83. The molecule has 0 unspecified atom stereocenters. The molecule has 6 heteroatoms. The van der Waals surface area contributed by atoms with Gasteiger partial charge in [-0.1, -0.05) is 5.16 Å². The number of carbonyl (C=O) groups excluding carboxylic acids is 1. The van der Waals surface area contributed by atoms with Gasteiger partial charge >= 0.3 is 5.97 Å². The van der Waals surface area contributed by atoms with E-state index in [9.17, 15) is 4.79 Å². The number of nitrogens with zero attached hydrogens (tertiary/aromatic N) is 2. The van der Waals surface area contributed by atoms with Gasteiger partial charge in [0.05, 0.1) is 18.7 Å². The molecule has 0 amide bonds. The fourth-order valence-corrected chi connectivity index (χ4v) is 2.10. The molecule has 17 heavy (non-hydrogen) atoms. The van der Waals surface area contributed by atoms with Gasteiger partial charge in [0.1, 0.15) is 16.5 Å². The predicted molar refractivity (Wildman–Crippen MR) is 62.7 cm³/mol. The van der Waals surface area contributed by atoms with E-state index in [-0.39, 0.29) is 12.4 Å². The van der Waals surface area contributed by atoms with Crippen molar-refractivity contribution in [2.75, 3.05) is 6.61 Å². The van der Waals surface area contributed by atoms with Gasteiger partial charge in [0, 0.05) is 11.4 Å². The van der Waals surface area contributed by atoms with Crippen LogP contribution in [0.4, 0.5) is 0 Å². The van der Waals surface area contributed by atoms with Crippen LogP contribution in [0.3, 0.4) is 0 Å². The molecule has 2 rings (SSSR count). The maximum Gasteiger partial charge on any atom is 0.311 e. The Hall–Kier alpha value is -1.69. The highest BCUT2D eigenvalue weighted by molar-refractivity contribution is 7.13. The molecular weight excluding hydrogens is 240 g/mol. The first-order valence-corrected chi connectivity index (χ1v) is 6.10. The Morgan fingerprint density at radius 3 is 3.06 bits per heavy atom. The number of hydrogen-bond acceptors (Lipinski definition) is 6. The van der Waals surface area contributed by atoms with E-state index in [0.717, 1.165) is 10.8 Å². The first kappa shape index (κ1) is 11.8. The quantitative estimate of drug-likeness (QED) is 0.780. The van der Waals surface area contributed by atoms with Gasteiger partial charge < -0.3 is 9.26 Å². The maximum atomic E-state index is 11.3. The Labute approximate surface area is 102 Å². The fourth-order valence-electron chi connectivity index (χ4n) is 1.33. The minimum absolute atomic E-state index is 0.196. The van der Waals surface area contributed by atoms with Crippen LogP contribution in [0.25, 0.3) is 10.7 Å². The lowest BCUT2D eigenvalue weighted by molar-refractivity contribution is -0.142. The van der Waals surface area contributed by atoms with Crippen molar-refractivity contribution in [1.29, 1.82) is 0 Å². The topological polar surface area (TPSA) is 65.2 Å². The van der Waals surface area contributed by atoms with Gasteiger partial charge in [-0.05, 0) is 13.8 Å². The number of esters is 1. The first-order chi connectivity index (χ1) is 8.19. The second-order valence-electron chi connectivity index (χ2n) is 3.45. The Bertz CT molecular complexity index is 518. The summed E-state index contributed by atoms with van der Waals surface area (Å²) in [6.45, 7) is 3.99. The Kier molecular flexibility index (Phi) is 3.53. The van der Waals surface area contributed by atoms with Gasteiger partial charge in [0.25, 0.3) is 0 Å². The molecular formula is C11H12N2O3S. The molecule has 5 nitrogen and oxygen atoms in total. The zero-order chi connectivity index (χ0) is 12.3. The molecule has 0 radical (unpaired) electrons. The SMILES string of the molecule is CCOC(=O)Cc1csc(-c2cc(C)on2)n1. The summed E-state index contributed by atoms with van der Waals surface area (Å²) in [6, 6.07) is 1.81. The molecule has 0 spiro atoms. The Balaban J connectivity index is 2.08. The predicted octanol–water partition coefficient (Wildman–Crippen LogP) is 2.21. The van der Waals surface area contributed by atoms with Crippen molar-refractivity contribution >= 4 is 17.3 Å². The average Bonchev–Trinajstić information content (AvgIpc) is 2.87. The minimum atomic E-state index is -0.263. The Morgan fingerprint density at radius 1 is 1.59 bits per heavy atom. The zero-order valence-electron chi connectivity index (χ0n) is 9.60. The van der Waals surface area contributed by atoms with Crippen molar-refractivity contribution in [1.82, 2.24) is 10.1 Å². The molecule has 0 saturated heterocycles. The van der Waals surface area contributed by atoms with E-state index in [1.165, 1.54) is 11.3 Å². The molecule has 0 fully saturated rings. The lowest BCUT2D eigenvalue weighted by atomic mass is 10.3. The number of thiazole rings is 1. The number of aromatic nitrogens is 2. The first-order valence-electron chi connectivity index (χ1n) is 5.22. The monoisotopic (exact) mass is 252 g/mol. The summed E-state index contributed by atoms with van der Waals surface area (Å²) in [6.07, 6.45) is 0.196. The third-order valence-electron chi connectivity index (χ3n) is 2.03. The Morgan fingerprint density at radius 2 is 2.41 bits per heavy atom. The van der Waals surface area contributed by atoms with Crippen LogP contribution in [-0.2, 0) is 16.0 Å². The van der Waals surface area contributed by atoms with E-state index in [1.54, 1.807) is 6.92 Å². The third-order valence-corrected chi connectivity index (χ3v) is 2.94. The minimum Gasteiger partial charge on any atom is -0.466 e. The smallest absolute Gasteiger partial charge is 0.311 e. The van der Waals surface area contributed by atoms with Crippen molar-refractivity contribution < 1.29 is 14.1 Å². The van der Waals surface area contributed by atoms with Crippen LogP contribution in [0.1, 0.15) is 18.4 Å². The number of ether oxygens (including phenoxy) is 1. The maximum absolute atomic E-state index is 11.3. The molecule has 0 N–H and O–H groups in total. The van der Waals surface area contributed by atoms with Crippen LogP contribution in [-0.4, -0.2) is 22.7 Å². The van der Waals surface area contributed by atoms with Gasteiger partial charge in [-0.25, -0.2) is 4.98 Å². The van der Waals surface area contributed by atoms with Crippen molar-refractivity contribution in [3.05, 3.63) is 22.9 Å². The third kappa shape index (κ3) is 2.91. The summed E-state index contributed by atoms with van der Waals surface area (Å²) in [7, 11) is 0. The summed E-state index contributed by atoms with van der Waals surface area (Å²) in [5, 5.41) is 6.45. The van der Waals surface area contributed by atoms with E-state index in [2.05, 4.69) is 10.1 Å². The van der Waals surface area contributed by atoms with Gasteiger partial charge in [0.15, 0.2) is 0 Å². The van der Waals surface area contributed by atoms with E-state index < -0.39 is 0 Å². The highest BCUT2D eigenvalue weighted by atomic mass is 32.1. The van der Waals surface area contributed by atoms with Crippen molar-refractivity contribution in [2.45, 2.75) is 20.3 Å². The lowest BCUT2D eigenvalue weighted by Gasteiger charge is -1.97. The average molecular weight is 252 g/mol. The highest BCUT2D eigenvalue weighted by Crippen LogP contribution is 2.23. The van der Waals surface area contributed by atoms with Gasteiger partial charge in [-0.3, -0.25) is 4.79 Å². The molecule has 0 bridgehead atoms. The molecule has 2 heterocycles. The van der Waals surface area contributed by atoms with E-state index in [0.29, 0.717) is 18.0 Å². The zero-order valence-corrected chi connectivity index (χ0v) is 10.4. The standard InChI is InChI=1S/C11H12N2O3S/c1-3-15-10(14)5-8-6-17-11(12-8)9-4-7(2)16-13-9/h4,6H,3,5H2,1-2H3.